The summed E-state index contributed by atoms with van der Waals surface area (Å²) in [5.41, 5.74) is 0.589. The maximum absolute atomic E-state index is 12.9. The van der Waals surface area contributed by atoms with Gasteiger partial charge in [-0.25, -0.2) is 9.36 Å². The Balaban J connectivity index is 1.78. The number of thiazole rings is 1. The van der Waals surface area contributed by atoms with E-state index in [2.05, 4.69) is 14.6 Å². The Hall–Kier alpha value is -3.42. The number of hydrogen-bond acceptors (Lipinski definition) is 7. The van der Waals surface area contributed by atoms with E-state index in [4.69, 9.17) is 9.79 Å². The van der Waals surface area contributed by atoms with Gasteiger partial charge in [-0.05, 0) is 5.56 Å². The third kappa shape index (κ3) is 4.88. The van der Waals surface area contributed by atoms with Crippen molar-refractivity contribution in [3.8, 4) is 11.3 Å². The van der Waals surface area contributed by atoms with Gasteiger partial charge in [-0.2, -0.15) is 10.1 Å². The molecule has 3 heterocycles. The predicted molar refractivity (Wildman–Crippen MR) is 126 cm³/mol. The van der Waals surface area contributed by atoms with Crippen molar-refractivity contribution in [3.05, 3.63) is 67.0 Å². The van der Waals surface area contributed by atoms with Crippen LogP contribution < -0.4 is 16.1 Å². The average molecular weight is 520 g/mol. The second-order valence-corrected chi connectivity index (χ2v) is 9.68. The van der Waals surface area contributed by atoms with Crippen molar-refractivity contribution < 1.29 is 23.7 Å². The lowest BCUT2D eigenvalue weighted by Gasteiger charge is -2.10. The van der Waals surface area contributed by atoms with Crippen molar-refractivity contribution >= 4 is 36.1 Å². The van der Waals surface area contributed by atoms with Gasteiger partial charge in [0.2, 0.25) is 0 Å². The molecule has 184 valence electrons. The highest BCUT2D eigenvalue weighted by molar-refractivity contribution is 7.46. The first-order valence-electron chi connectivity index (χ1n) is 10.1. The van der Waals surface area contributed by atoms with E-state index in [1.807, 2.05) is 6.07 Å². The maximum Gasteiger partial charge on any atom is 0.471 e. The summed E-state index contributed by atoms with van der Waals surface area (Å²) < 4.78 is 20.9. The number of carbonyl (C=O) groups excluding carboxylic acids is 1. The topological polar surface area (TPSA) is 163 Å². The van der Waals surface area contributed by atoms with Crippen LogP contribution in [0.5, 0.6) is 0 Å². The van der Waals surface area contributed by atoms with E-state index in [0.29, 0.717) is 5.69 Å². The molecule has 0 spiro atoms. The molecular weight excluding hydrogens is 499 g/mol. The molecule has 0 radical (unpaired) electrons. The number of fused-ring (bicyclic) bond motifs is 1. The van der Waals surface area contributed by atoms with Gasteiger partial charge in [0.1, 0.15) is 12.1 Å². The molecule has 0 saturated carbocycles. The number of benzene rings is 1. The molecule has 35 heavy (non-hydrogen) atoms. The smallest absolute Gasteiger partial charge is 0.303 e. The number of carbonyl (C=O) groups is 1. The second-order valence-electron chi connectivity index (χ2n) is 7.60. The van der Waals surface area contributed by atoms with Crippen molar-refractivity contribution in [1.82, 2.24) is 23.5 Å². The summed E-state index contributed by atoms with van der Waals surface area (Å²) in [5, 5.41) is 6.04. The summed E-state index contributed by atoms with van der Waals surface area (Å²) in [6.07, 6.45) is -0.293. The highest BCUT2D eigenvalue weighted by Crippen LogP contribution is 2.36. The molecule has 1 aromatic carbocycles. The second kappa shape index (κ2) is 9.32. The molecule has 0 aliphatic heterocycles. The Morgan fingerprint density at radius 1 is 1.14 bits per heavy atom. The van der Waals surface area contributed by atoms with Crippen LogP contribution in [0.25, 0.3) is 22.3 Å². The van der Waals surface area contributed by atoms with Crippen LogP contribution in [0.4, 0.5) is 0 Å². The molecule has 0 saturated heterocycles. The van der Waals surface area contributed by atoms with Crippen molar-refractivity contribution in [1.29, 1.82) is 0 Å². The Morgan fingerprint density at radius 3 is 2.49 bits per heavy atom. The van der Waals surface area contributed by atoms with Gasteiger partial charge in [0, 0.05) is 26.5 Å². The number of aryl methyl sites for hydroxylation is 2. The summed E-state index contributed by atoms with van der Waals surface area (Å²) in [6, 6.07) is 9.00. The van der Waals surface area contributed by atoms with Crippen molar-refractivity contribution in [2.24, 2.45) is 26.1 Å². The van der Waals surface area contributed by atoms with Crippen LogP contribution in [0, 0.1) is 0 Å². The number of aromatic nitrogens is 5. The van der Waals surface area contributed by atoms with Crippen LogP contribution in [0.2, 0.25) is 0 Å². The van der Waals surface area contributed by atoms with Crippen molar-refractivity contribution in [3.63, 3.8) is 0 Å². The standard InChI is InChI=1S/C20H21N6O7PS/c1-23-17-16(18(28)24(2)20(23)29)13(25(3)22-17)9-15(27)21-19-26(11-33-34(30,31)32)14(10-35-19)12-7-5-4-6-8-12/h4-8,10H,9,11H2,1-3H3,(H2,30,31,32). The first-order chi connectivity index (χ1) is 16.5. The molecule has 0 bridgehead atoms. The lowest BCUT2D eigenvalue weighted by molar-refractivity contribution is -0.117. The van der Waals surface area contributed by atoms with E-state index in [-0.39, 0.29) is 27.9 Å². The van der Waals surface area contributed by atoms with Gasteiger partial charge in [0.25, 0.3) is 11.5 Å². The molecule has 0 atom stereocenters. The van der Waals surface area contributed by atoms with Crippen LogP contribution >= 0.6 is 19.2 Å². The summed E-state index contributed by atoms with van der Waals surface area (Å²) in [5.74, 6) is -0.628. The largest absolute Gasteiger partial charge is 0.471 e. The van der Waals surface area contributed by atoms with Crippen molar-refractivity contribution in [2.75, 3.05) is 0 Å². The van der Waals surface area contributed by atoms with Gasteiger partial charge in [0.15, 0.2) is 10.4 Å². The first-order valence-corrected chi connectivity index (χ1v) is 12.5. The number of hydrogen-bond donors (Lipinski definition) is 2. The third-order valence-corrected chi connectivity index (χ3v) is 6.63. The van der Waals surface area contributed by atoms with E-state index in [1.165, 1.54) is 27.9 Å². The molecule has 4 rings (SSSR count). The first kappa shape index (κ1) is 24.7. The fourth-order valence-corrected chi connectivity index (χ4v) is 4.75. The molecule has 4 aromatic rings. The van der Waals surface area contributed by atoms with E-state index < -0.39 is 31.7 Å². The van der Waals surface area contributed by atoms with Gasteiger partial charge >= 0.3 is 13.5 Å². The minimum atomic E-state index is -4.79. The van der Waals surface area contributed by atoms with E-state index in [0.717, 1.165) is 21.5 Å². The molecule has 0 aliphatic rings. The molecule has 15 heteroatoms. The minimum absolute atomic E-state index is 0.134. The number of phosphoric ester groups is 1. The normalized spacial score (nSPS) is 12.5. The SMILES string of the molecule is Cn1nc2c(c1CC(=O)N=c1scc(-c3ccccc3)n1COP(=O)(O)O)c(=O)n(C)c(=O)n2C. The molecule has 3 aromatic heterocycles. The lowest BCUT2D eigenvalue weighted by Crippen LogP contribution is -2.37. The quantitative estimate of drug-likeness (QED) is 0.342. The summed E-state index contributed by atoms with van der Waals surface area (Å²) in [7, 11) is -0.415. The molecule has 13 nitrogen and oxygen atoms in total. The fourth-order valence-electron chi connectivity index (χ4n) is 3.58. The Labute approximate surface area is 201 Å². The number of phosphoric acid groups is 1. The number of rotatable bonds is 6. The highest BCUT2D eigenvalue weighted by Gasteiger charge is 2.21. The lowest BCUT2D eigenvalue weighted by atomic mass is 10.2. The molecule has 0 aliphatic carbocycles. The average Bonchev–Trinajstić information content (AvgIpc) is 3.35. The molecule has 1 amide bonds. The van der Waals surface area contributed by atoms with Crippen LogP contribution in [-0.2, 0) is 48.2 Å². The highest BCUT2D eigenvalue weighted by atomic mass is 32.1. The van der Waals surface area contributed by atoms with Gasteiger partial charge in [-0.15, -0.1) is 11.3 Å². The van der Waals surface area contributed by atoms with Gasteiger partial charge in [0.05, 0.1) is 17.8 Å². The fraction of sp³-hybridized carbons (Fsp3) is 0.250. The van der Waals surface area contributed by atoms with Crippen LogP contribution in [-0.4, -0.2) is 39.2 Å². The zero-order valence-corrected chi connectivity index (χ0v) is 20.6. The van der Waals surface area contributed by atoms with Crippen LogP contribution in [0.3, 0.4) is 0 Å². The summed E-state index contributed by atoms with van der Waals surface area (Å²) in [6.45, 7) is -0.540. The van der Waals surface area contributed by atoms with Gasteiger partial charge < -0.3 is 9.79 Å². The van der Waals surface area contributed by atoms with Gasteiger partial charge in [-0.1, -0.05) is 30.3 Å². The van der Waals surface area contributed by atoms with E-state index in [1.54, 1.807) is 36.7 Å². The summed E-state index contributed by atoms with van der Waals surface area (Å²) in [4.78, 5) is 60.4. The molecule has 2 N–H and O–H groups in total. The van der Waals surface area contributed by atoms with Crippen LogP contribution in [0.15, 0.2) is 50.3 Å². The molecular formula is C20H21N6O7PS. The zero-order chi connectivity index (χ0) is 25.5. The third-order valence-electron chi connectivity index (χ3n) is 5.32. The Kier molecular flexibility index (Phi) is 6.58. The maximum atomic E-state index is 12.9. The summed E-state index contributed by atoms with van der Waals surface area (Å²) >= 11 is 1.09. The molecule has 0 unspecified atom stereocenters. The van der Waals surface area contributed by atoms with Crippen molar-refractivity contribution in [2.45, 2.75) is 13.2 Å². The Bertz CT molecular complexity index is 1670. The van der Waals surface area contributed by atoms with E-state index >= 15 is 0 Å². The zero-order valence-electron chi connectivity index (χ0n) is 18.9. The van der Waals surface area contributed by atoms with Crippen LogP contribution in [0.1, 0.15) is 5.69 Å². The Morgan fingerprint density at radius 2 is 1.83 bits per heavy atom. The predicted octanol–water partition coefficient (Wildman–Crippen LogP) is 0.237. The van der Waals surface area contributed by atoms with Gasteiger partial charge in [-0.3, -0.25) is 32.5 Å². The number of amides is 1. The monoisotopic (exact) mass is 520 g/mol. The minimum Gasteiger partial charge on any atom is -0.303 e. The number of nitrogens with zero attached hydrogens (tertiary/aromatic N) is 6. The molecule has 0 fully saturated rings. The van der Waals surface area contributed by atoms with E-state index in [9.17, 15) is 18.9 Å².